The van der Waals surface area contributed by atoms with Crippen molar-refractivity contribution in [1.82, 2.24) is 4.57 Å². The molecule has 0 saturated carbocycles. The van der Waals surface area contributed by atoms with Crippen LogP contribution in [0, 0.1) is 12.8 Å². The summed E-state index contributed by atoms with van der Waals surface area (Å²) in [5, 5.41) is 5.98. The third kappa shape index (κ3) is 4.18. The Labute approximate surface area is 332 Å². The van der Waals surface area contributed by atoms with Crippen LogP contribution in [-0.4, -0.2) is 12.6 Å². The summed E-state index contributed by atoms with van der Waals surface area (Å²) < 4.78 is 21.6. The Bertz CT molecular complexity index is 3370. The molecule has 2 aliphatic heterocycles. The molecule has 5 nitrogen and oxygen atoms in total. The van der Waals surface area contributed by atoms with Gasteiger partial charge in [-0.1, -0.05) is 106 Å². The lowest BCUT2D eigenvalue weighted by Crippen LogP contribution is -2.72. The number of para-hydroxylation sites is 5. The number of imidazole rings is 1. The summed E-state index contributed by atoms with van der Waals surface area (Å²) in [6.07, 6.45) is 3.62. The quantitative estimate of drug-likeness (QED) is 0.132. The van der Waals surface area contributed by atoms with Crippen LogP contribution in [0.25, 0.3) is 83.2 Å². The Morgan fingerprint density at radius 3 is 2.12 bits per heavy atom. The Balaban J connectivity index is 1.33. The van der Waals surface area contributed by atoms with E-state index in [1.54, 1.807) is 0 Å². The van der Waals surface area contributed by atoms with Crippen molar-refractivity contribution in [2.45, 2.75) is 52.5 Å². The molecule has 6 heterocycles. The SMILES string of the molecule is Cc1ccc2c(c1)C1(c3ccc4c(oc5ccccc54)c3-c3n(-c4cccc5c4oc4ccccc45)c4ccccc4[n+]31)[n+]1cc([Si](C)(C)C)c(CC(C)C)cc1-2. The van der Waals surface area contributed by atoms with Gasteiger partial charge >= 0.3 is 11.5 Å². The second kappa shape index (κ2) is 11.2. The predicted octanol–water partition coefficient (Wildman–Crippen LogP) is 11.3. The molecule has 4 aromatic heterocycles. The Morgan fingerprint density at radius 2 is 1.37 bits per heavy atom. The first-order valence-corrected chi connectivity index (χ1v) is 23.8. The van der Waals surface area contributed by atoms with Crippen LogP contribution in [0.4, 0.5) is 0 Å². The molecule has 0 amide bonds. The largest absolute Gasteiger partial charge is 0.455 e. The van der Waals surface area contributed by atoms with Crippen LogP contribution in [0.2, 0.25) is 19.6 Å². The third-order valence-electron chi connectivity index (χ3n) is 12.7. The first-order valence-electron chi connectivity index (χ1n) is 20.3. The fourth-order valence-corrected chi connectivity index (χ4v) is 12.1. The molecular formula is C51H43N3O2Si+2. The third-order valence-corrected chi connectivity index (χ3v) is 14.7. The second-order valence-electron chi connectivity index (χ2n) is 17.7. The molecule has 10 aromatic rings. The van der Waals surface area contributed by atoms with Gasteiger partial charge in [-0.05, 0) is 79.4 Å². The topological polar surface area (TPSA) is 39.0 Å². The molecule has 1 spiro atoms. The zero-order valence-electron chi connectivity index (χ0n) is 33.1. The maximum absolute atomic E-state index is 7.07. The van der Waals surface area contributed by atoms with E-state index in [1.807, 2.05) is 0 Å². The van der Waals surface area contributed by atoms with Crippen LogP contribution in [0.1, 0.15) is 36.1 Å². The van der Waals surface area contributed by atoms with E-state index in [0.717, 1.165) is 78.4 Å². The predicted molar refractivity (Wildman–Crippen MR) is 233 cm³/mol. The molecule has 6 aromatic carbocycles. The summed E-state index contributed by atoms with van der Waals surface area (Å²) in [6, 6.07) is 46.7. The minimum atomic E-state index is -1.83. The summed E-state index contributed by atoms with van der Waals surface area (Å²) in [5.74, 6) is 1.63. The van der Waals surface area contributed by atoms with Gasteiger partial charge in [0.2, 0.25) is 5.69 Å². The lowest BCUT2D eigenvalue weighted by molar-refractivity contribution is -0.944. The Hall–Kier alpha value is -6.24. The van der Waals surface area contributed by atoms with Crippen molar-refractivity contribution in [2.24, 2.45) is 5.92 Å². The van der Waals surface area contributed by atoms with Crippen molar-refractivity contribution in [1.29, 1.82) is 0 Å². The highest BCUT2D eigenvalue weighted by Crippen LogP contribution is 2.53. The smallest absolute Gasteiger partial charge is 0.364 e. The molecule has 6 heteroatoms. The summed E-state index contributed by atoms with van der Waals surface area (Å²) in [4.78, 5) is 0. The number of nitrogens with zero attached hydrogens (tertiary/aromatic N) is 3. The number of furan rings is 2. The van der Waals surface area contributed by atoms with E-state index in [4.69, 9.17) is 8.83 Å². The Morgan fingerprint density at radius 1 is 0.684 bits per heavy atom. The fraction of sp³-hybridized carbons (Fsp3) is 0.176. The number of benzene rings is 6. The number of pyridine rings is 1. The van der Waals surface area contributed by atoms with Gasteiger partial charge in [-0.25, -0.2) is 0 Å². The minimum Gasteiger partial charge on any atom is -0.455 e. The number of aromatic nitrogens is 3. The van der Waals surface area contributed by atoms with Gasteiger partial charge in [0.15, 0.2) is 34.1 Å². The van der Waals surface area contributed by atoms with E-state index in [-0.39, 0.29) is 0 Å². The number of fused-ring (bicyclic) bond motifs is 19. The molecule has 276 valence electrons. The standard InChI is InChI=1S/C51H43N3O2Si/c1-30(2)26-32-28-43-37-23-22-31(3)27-39(37)51(52(43)29-46(32)57(4,5)6)38-25-24-36-34-15-8-12-21-45(34)56-49(36)47(38)50-53(40-17-9-10-18-41(40)54(50)51)42-19-13-16-35-33-14-7-11-20-44(33)55-48(35)42/h7-25,27-30H,26H2,1-6H3/q+2. The number of aryl methyl sites for hydroxylation is 1. The monoisotopic (exact) mass is 757 g/mol. The minimum absolute atomic E-state index is 0.546. The van der Waals surface area contributed by atoms with Crippen LogP contribution in [-0.2, 0) is 12.1 Å². The molecule has 1 unspecified atom stereocenters. The summed E-state index contributed by atoms with van der Waals surface area (Å²) in [5.41, 5.74) is 15.0. The summed E-state index contributed by atoms with van der Waals surface area (Å²) >= 11 is 0. The number of rotatable bonds is 4. The summed E-state index contributed by atoms with van der Waals surface area (Å²) in [7, 11) is -1.83. The molecule has 0 N–H and O–H groups in total. The van der Waals surface area contributed by atoms with Crippen molar-refractivity contribution in [2.75, 3.05) is 0 Å². The first-order chi connectivity index (χ1) is 27.6. The van der Waals surface area contributed by atoms with Gasteiger partial charge < -0.3 is 8.83 Å². The molecular weight excluding hydrogens is 715 g/mol. The maximum Gasteiger partial charge on any atom is 0.364 e. The molecule has 57 heavy (non-hydrogen) atoms. The average molecular weight is 758 g/mol. The molecule has 0 fully saturated rings. The van der Waals surface area contributed by atoms with Gasteiger partial charge in [-0.3, -0.25) is 0 Å². The van der Waals surface area contributed by atoms with Crippen LogP contribution in [0.5, 0.6) is 0 Å². The lowest BCUT2D eigenvalue weighted by Gasteiger charge is -2.24. The highest BCUT2D eigenvalue weighted by atomic mass is 28.3. The average Bonchev–Trinajstić information content (AvgIpc) is 3.98. The molecule has 0 radical (unpaired) electrons. The zero-order valence-corrected chi connectivity index (χ0v) is 34.1. The van der Waals surface area contributed by atoms with Gasteiger partial charge in [0.05, 0.1) is 24.8 Å². The van der Waals surface area contributed by atoms with Crippen LogP contribution in [0.3, 0.4) is 0 Å². The van der Waals surface area contributed by atoms with Crippen LogP contribution in [0.15, 0.2) is 142 Å². The van der Waals surface area contributed by atoms with Crippen molar-refractivity contribution >= 4 is 68.2 Å². The highest BCUT2D eigenvalue weighted by Gasteiger charge is 2.67. The van der Waals surface area contributed by atoms with Gasteiger partial charge in [0.25, 0.3) is 0 Å². The van der Waals surface area contributed by atoms with Crippen molar-refractivity contribution in [3.05, 3.63) is 156 Å². The van der Waals surface area contributed by atoms with Crippen molar-refractivity contribution < 1.29 is 18.0 Å². The highest BCUT2D eigenvalue weighted by molar-refractivity contribution is 6.89. The normalized spacial score (nSPS) is 15.8. The lowest BCUT2D eigenvalue weighted by atomic mass is 9.88. The van der Waals surface area contributed by atoms with E-state index >= 15 is 0 Å². The van der Waals surface area contributed by atoms with Gasteiger partial charge in [0, 0.05) is 32.8 Å². The number of hydrogen-bond acceptors (Lipinski definition) is 2. The van der Waals surface area contributed by atoms with Gasteiger partial charge in [-0.2, -0.15) is 4.57 Å². The van der Waals surface area contributed by atoms with Crippen molar-refractivity contribution in [3.8, 4) is 28.3 Å². The van der Waals surface area contributed by atoms with E-state index < -0.39 is 13.7 Å². The fourth-order valence-electron chi connectivity index (χ4n) is 10.5. The zero-order chi connectivity index (χ0) is 38.5. The van der Waals surface area contributed by atoms with E-state index in [1.165, 1.54) is 38.7 Å². The summed E-state index contributed by atoms with van der Waals surface area (Å²) in [6.45, 7) is 14.4. The van der Waals surface area contributed by atoms with Gasteiger partial charge in [0.1, 0.15) is 16.7 Å². The molecule has 12 rings (SSSR count). The Kier molecular flexibility index (Phi) is 6.48. The molecule has 0 bridgehead atoms. The van der Waals surface area contributed by atoms with Crippen molar-refractivity contribution in [3.63, 3.8) is 0 Å². The van der Waals surface area contributed by atoms with Crippen LogP contribution < -0.4 is 14.3 Å². The second-order valence-corrected chi connectivity index (χ2v) is 22.8. The maximum atomic E-state index is 7.07. The molecule has 0 aliphatic carbocycles. The molecule has 1 atom stereocenters. The molecule has 2 aliphatic rings. The van der Waals surface area contributed by atoms with E-state index in [0.29, 0.717) is 5.92 Å². The van der Waals surface area contributed by atoms with Gasteiger partial charge in [-0.15, -0.1) is 9.13 Å². The molecule has 0 saturated heterocycles. The number of hydrogen-bond donors (Lipinski definition) is 0. The van der Waals surface area contributed by atoms with E-state index in [9.17, 15) is 0 Å². The first kappa shape index (κ1) is 32.9. The van der Waals surface area contributed by atoms with Crippen LogP contribution >= 0.6 is 0 Å². The van der Waals surface area contributed by atoms with E-state index in [2.05, 4.69) is 188 Å².